The predicted octanol–water partition coefficient (Wildman–Crippen LogP) is 3.42. The summed E-state index contributed by atoms with van der Waals surface area (Å²) in [5.74, 6) is 1.09. The lowest BCUT2D eigenvalue weighted by molar-refractivity contribution is -0.139. The van der Waals surface area contributed by atoms with E-state index in [0.29, 0.717) is 24.0 Å². The highest BCUT2D eigenvalue weighted by atomic mass is 16.6. The fourth-order valence-corrected chi connectivity index (χ4v) is 3.34. The molecule has 0 saturated heterocycles. The number of hydrogen-bond donors (Lipinski definition) is 0. The van der Waals surface area contributed by atoms with Gasteiger partial charge in [-0.3, -0.25) is 0 Å². The zero-order chi connectivity index (χ0) is 21.6. The molecule has 1 aromatic carbocycles. The molecule has 1 aliphatic rings. The molecule has 7 heteroatoms. The zero-order valence-electron chi connectivity index (χ0n) is 17.7. The van der Waals surface area contributed by atoms with Crippen molar-refractivity contribution < 1.29 is 33.3 Å². The maximum Gasteiger partial charge on any atom is 0.338 e. The van der Waals surface area contributed by atoms with Crippen LogP contribution in [0.15, 0.2) is 36.9 Å². The van der Waals surface area contributed by atoms with Gasteiger partial charge in [-0.25, -0.2) is 9.59 Å². The van der Waals surface area contributed by atoms with Crippen LogP contribution < -0.4 is 4.74 Å². The van der Waals surface area contributed by atoms with Gasteiger partial charge in [-0.05, 0) is 61.8 Å². The molecule has 2 rings (SSSR count). The van der Waals surface area contributed by atoms with Crippen LogP contribution in [0.3, 0.4) is 0 Å². The molecule has 7 nitrogen and oxygen atoms in total. The lowest BCUT2D eigenvalue weighted by Gasteiger charge is -2.27. The summed E-state index contributed by atoms with van der Waals surface area (Å²) in [5.41, 5.74) is 0.460. The predicted molar refractivity (Wildman–Crippen MR) is 112 cm³/mol. The number of ether oxygens (including phenoxy) is 5. The zero-order valence-corrected chi connectivity index (χ0v) is 17.7. The SMILES string of the molecule is C=CC(=O)OCCOCCOC(=O)c1ccc(OCC2CCC(COC)CC2)cc1. The second-order valence-electron chi connectivity index (χ2n) is 7.30. The smallest absolute Gasteiger partial charge is 0.338 e. The number of carbonyl (C=O) groups is 2. The Balaban J connectivity index is 1.59. The van der Waals surface area contributed by atoms with Crippen molar-refractivity contribution in [2.45, 2.75) is 25.7 Å². The summed E-state index contributed by atoms with van der Waals surface area (Å²) < 4.78 is 26.3. The van der Waals surface area contributed by atoms with E-state index in [9.17, 15) is 9.59 Å². The van der Waals surface area contributed by atoms with E-state index in [1.807, 2.05) is 0 Å². The van der Waals surface area contributed by atoms with E-state index in [-0.39, 0.29) is 26.4 Å². The fraction of sp³-hybridized carbons (Fsp3) is 0.565. The van der Waals surface area contributed by atoms with Gasteiger partial charge >= 0.3 is 11.9 Å². The van der Waals surface area contributed by atoms with E-state index < -0.39 is 11.9 Å². The monoisotopic (exact) mass is 420 g/mol. The molecule has 1 aromatic rings. The number of hydrogen-bond acceptors (Lipinski definition) is 7. The van der Waals surface area contributed by atoms with E-state index in [4.69, 9.17) is 23.7 Å². The van der Waals surface area contributed by atoms with Crippen LogP contribution in [0.5, 0.6) is 5.75 Å². The summed E-state index contributed by atoms with van der Waals surface area (Å²) in [6, 6.07) is 6.97. The van der Waals surface area contributed by atoms with Crippen molar-refractivity contribution in [3.63, 3.8) is 0 Å². The molecule has 0 unspecified atom stereocenters. The normalized spacial score (nSPS) is 18.4. The first-order valence-electron chi connectivity index (χ1n) is 10.4. The Bertz CT molecular complexity index is 648. The lowest BCUT2D eigenvalue weighted by atomic mass is 9.83. The summed E-state index contributed by atoms with van der Waals surface area (Å²) in [6.45, 7) is 5.56. The molecule has 0 bridgehead atoms. The van der Waals surface area contributed by atoms with E-state index in [0.717, 1.165) is 31.3 Å². The van der Waals surface area contributed by atoms with Crippen LogP contribution in [0.4, 0.5) is 0 Å². The molecular formula is C23H32O7. The molecule has 0 N–H and O–H groups in total. The standard InChI is InChI=1S/C23H32O7/c1-3-22(24)28-14-12-27-13-15-29-23(25)20-8-10-21(11-9-20)30-17-19-6-4-18(5-7-19)16-26-2/h3,8-11,18-19H,1,4-7,12-17H2,2H3. The maximum atomic E-state index is 12.1. The van der Waals surface area contributed by atoms with Crippen LogP contribution in [-0.4, -0.2) is 58.7 Å². The van der Waals surface area contributed by atoms with Gasteiger partial charge in [0.1, 0.15) is 19.0 Å². The largest absolute Gasteiger partial charge is 0.493 e. The van der Waals surface area contributed by atoms with Gasteiger partial charge < -0.3 is 23.7 Å². The first kappa shape index (κ1) is 23.9. The molecule has 166 valence electrons. The molecule has 30 heavy (non-hydrogen) atoms. The minimum Gasteiger partial charge on any atom is -0.493 e. The topological polar surface area (TPSA) is 80.3 Å². The van der Waals surface area contributed by atoms with Crippen LogP contribution in [-0.2, 0) is 23.7 Å². The summed E-state index contributed by atoms with van der Waals surface area (Å²) in [7, 11) is 1.76. The van der Waals surface area contributed by atoms with E-state index in [1.54, 1.807) is 31.4 Å². The average Bonchev–Trinajstić information content (AvgIpc) is 2.78. The van der Waals surface area contributed by atoms with Crippen molar-refractivity contribution in [3.05, 3.63) is 42.5 Å². The van der Waals surface area contributed by atoms with Crippen molar-refractivity contribution in [2.75, 3.05) is 46.8 Å². The van der Waals surface area contributed by atoms with Crippen molar-refractivity contribution in [2.24, 2.45) is 11.8 Å². The van der Waals surface area contributed by atoms with Crippen molar-refractivity contribution >= 4 is 11.9 Å². The summed E-state index contributed by atoms with van der Waals surface area (Å²) >= 11 is 0. The number of benzene rings is 1. The average molecular weight is 421 g/mol. The van der Waals surface area contributed by atoms with E-state index in [1.165, 1.54) is 12.8 Å². The van der Waals surface area contributed by atoms with Gasteiger partial charge in [0.2, 0.25) is 0 Å². The Hall–Kier alpha value is -2.38. The lowest BCUT2D eigenvalue weighted by Crippen LogP contribution is -2.22. The van der Waals surface area contributed by atoms with Gasteiger partial charge in [-0.2, -0.15) is 0 Å². The molecular weight excluding hydrogens is 388 g/mol. The quantitative estimate of drug-likeness (QED) is 0.275. The summed E-state index contributed by atoms with van der Waals surface area (Å²) in [5, 5.41) is 0. The molecule has 0 atom stereocenters. The minimum atomic E-state index is -0.494. The van der Waals surface area contributed by atoms with E-state index >= 15 is 0 Å². The molecule has 0 amide bonds. The third-order valence-corrected chi connectivity index (χ3v) is 5.04. The fourth-order valence-electron chi connectivity index (χ4n) is 3.34. The van der Waals surface area contributed by atoms with Crippen molar-refractivity contribution in [1.82, 2.24) is 0 Å². The van der Waals surface area contributed by atoms with Crippen LogP contribution in [0.1, 0.15) is 36.0 Å². The minimum absolute atomic E-state index is 0.123. The van der Waals surface area contributed by atoms with Crippen LogP contribution in [0, 0.1) is 11.8 Å². The Morgan fingerprint density at radius 2 is 1.53 bits per heavy atom. The highest BCUT2D eigenvalue weighted by Crippen LogP contribution is 2.29. The first-order chi connectivity index (χ1) is 14.6. The van der Waals surface area contributed by atoms with Gasteiger partial charge in [0.05, 0.1) is 25.4 Å². The molecule has 1 fully saturated rings. The molecule has 0 heterocycles. The van der Waals surface area contributed by atoms with Crippen LogP contribution in [0.25, 0.3) is 0 Å². The summed E-state index contributed by atoms with van der Waals surface area (Å²) in [4.78, 5) is 22.9. The van der Waals surface area contributed by atoms with E-state index in [2.05, 4.69) is 6.58 Å². The Kier molecular flexibility index (Phi) is 11.0. The number of esters is 2. The molecule has 1 saturated carbocycles. The van der Waals surface area contributed by atoms with Gasteiger partial charge in [-0.1, -0.05) is 6.58 Å². The van der Waals surface area contributed by atoms with Crippen molar-refractivity contribution in [1.29, 1.82) is 0 Å². The third kappa shape index (κ3) is 8.97. The number of carbonyl (C=O) groups excluding carboxylic acids is 2. The van der Waals surface area contributed by atoms with Crippen molar-refractivity contribution in [3.8, 4) is 5.75 Å². The highest BCUT2D eigenvalue weighted by molar-refractivity contribution is 5.89. The van der Waals surface area contributed by atoms with Crippen LogP contribution >= 0.6 is 0 Å². The first-order valence-corrected chi connectivity index (χ1v) is 10.4. The maximum absolute atomic E-state index is 12.1. The summed E-state index contributed by atoms with van der Waals surface area (Å²) in [6.07, 6.45) is 5.80. The Morgan fingerprint density at radius 1 is 0.933 bits per heavy atom. The Labute approximate surface area is 178 Å². The molecule has 0 aliphatic heterocycles. The molecule has 0 aromatic heterocycles. The Morgan fingerprint density at radius 3 is 2.13 bits per heavy atom. The molecule has 0 spiro atoms. The number of methoxy groups -OCH3 is 1. The van der Waals surface area contributed by atoms with Gasteiger partial charge in [0, 0.05) is 19.8 Å². The van der Waals surface area contributed by atoms with Gasteiger partial charge in [0.15, 0.2) is 0 Å². The second-order valence-corrected chi connectivity index (χ2v) is 7.30. The van der Waals surface area contributed by atoms with Gasteiger partial charge in [0.25, 0.3) is 0 Å². The van der Waals surface area contributed by atoms with Crippen LogP contribution in [0.2, 0.25) is 0 Å². The number of rotatable bonds is 13. The third-order valence-electron chi connectivity index (χ3n) is 5.04. The molecule has 0 radical (unpaired) electrons. The van der Waals surface area contributed by atoms with Gasteiger partial charge in [-0.15, -0.1) is 0 Å². The molecule has 1 aliphatic carbocycles. The second kappa shape index (κ2) is 13.8. The highest BCUT2D eigenvalue weighted by Gasteiger charge is 2.21.